The molecule has 0 fully saturated rings. The molecule has 114 valence electrons. The Bertz CT molecular complexity index is 718. The minimum atomic E-state index is -0.520. The number of nitro groups is 1. The molecule has 0 atom stereocenters. The van der Waals surface area contributed by atoms with Crippen molar-refractivity contribution in [1.82, 2.24) is 0 Å². The number of hydrogen-bond acceptors (Lipinski definition) is 4. The highest BCUT2D eigenvalue weighted by atomic mass is 19.1. The lowest BCUT2D eigenvalue weighted by Crippen LogP contribution is -2.20. The quantitative estimate of drug-likeness (QED) is 0.680. The molecule has 0 unspecified atom stereocenters. The summed E-state index contributed by atoms with van der Waals surface area (Å²) >= 11 is 0. The van der Waals surface area contributed by atoms with Gasteiger partial charge >= 0.3 is 0 Å². The molecule has 0 aliphatic carbocycles. The molecular weight excluding hydrogens is 291 g/mol. The third kappa shape index (κ3) is 4.02. The van der Waals surface area contributed by atoms with Crippen LogP contribution in [-0.2, 0) is 4.79 Å². The molecule has 6 nitrogen and oxygen atoms in total. The van der Waals surface area contributed by atoms with Crippen LogP contribution in [0.2, 0.25) is 0 Å². The van der Waals surface area contributed by atoms with E-state index in [4.69, 9.17) is 4.74 Å². The number of carbonyl (C=O) groups is 1. The summed E-state index contributed by atoms with van der Waals surface area (Å²) in [6.07, 6.45) is 0. The standard InChI is InChI=1S/C15H13FN2O4/c1-10-5-6-12(8-14(10)18(20)21)17-15(19)9-22-13-4-2-3-11(16)7-13/h2-8H,9H2,1H3,(H,17,19). The third-order valence-electron chi connectivity index (χ3n) is 2.86. The lowest BCUT2D eigenvalue weighted by Gasteiger charge is -2.08. The SMILES string of the molecule is Cc1ccc(NC(=O)COc2cccc(F)c2)cc1[N+](=O)[O-]. The fourth-order valence-electron chi connectivity index (χ4n) is 1.79. The molecule has 1 N–H and O–H groups in total. The zero-order chi connectivity index (χ0) is 16.1. The first-order valence-corrected chi connectivity index (χ1v) is 6.39. The Labute approximate surface area is 125 Å². The van der Waals surface area contributed by atoms with Crippen molar-refractivity contribution in [3.8, 4) is 5.75 Å². The molecule has 2 aromatic rings. The van der Waals surface area contributed by atoms with Gasteiger partial charge in [0.2, 0.25) is 0 Å². The maximum Gasteiger partial charge on any atom is 0.274 e. The molecule has 0 bridgehead atoms. The molecule has 2 rings (SSSR count). The Morgan fingerprint density at radius 3 is 2.77 bits per heavy atom. The van der Waals surface area contributed by atoms with E-state index >= 15 is 0 Å². The zero-order valence-electron chi connectivity index (χ0n) is 11.7. The van der Waals surface area contributed by atoms with Crippen LogP contribution in [0.25, 0.3) is 0 Å². The average molecular weight is 304 g/mol. The number of carbonyl (C=O) groups excluding carboxylic acids is 1. The number of nitrogens with zero attached hydrogens (tertiary/aromatic N) is 1. The van der Waals surface area contributed by atoms with Gasteiger partial charge in [-0.25, -0.2) is 4.39 Å². The molecule has 2 aromatic carbocycles. The van der Waals surface area contributed by atoms with Crippen molar-refractivity contribution in [1.29, 1.82) is 0 Å². The van der Waals surface area contributed by atoms with E-state index in [1.54, 1.807) is 19.1 Å². The summed E-state index contributed by atoms with van der Waals surface area (Å²) in [7, 11) is 0. The van der Waals surface area contributed by atoms with E-state index in [1.165, 1.54) is 24.3 Å². The highest BCUT2D eigenvalue weighted by Crippen LogP contribution is 2.22. The Kier molecular flexibility index (Phi) is 4.67. The number of ether oxygens (including phenoxy) is 1. The number of hydrogen-bond donors (Lipinski definition) is 1. The third-order valence-corrected chi connectivity index (χ3v) is 2.86. The lowest BCUT2D eigenvalue weighted by molar-refractivity contribution is -0.385. The maximum atomic E-state index is 13.0. The van der Waals surface area contributed by atoms with E-state index in [1.807, 2.05) is 0 Å². The summed E-state index contributed by atoms with van der Waals surface area (Å²) in [6, 6.07) is 9.78. The highest BCUT2D eigenvalue weighted by Gasteiger charge is 2.12. The predicted octanol–water partition coefficient (Wildman–Crippen LogP) is 3.06. The number of halogens is 1. The Balaban J connectivity index is 1.97. The molecule has 0 aromatic heterocycles. The van der Waals surface area contributed by atoms with Crippen molar-refractivity contribution >= 4 is 17.3 Å². The van der Waals surface area contributed by atoms with Gasteiger partial charge in [-0.3, -0.25) is 14.9 Å². The highest BCUT2D eigenvalue weighted by molar-refractivity contribution is 5.92. The van der Waals surface area contributed by atoms with Gasteiger partial charge in [0.15, 0.2) is 6.61 Å². The summed E-state index contributed by atoms with van der Waals surface area (Å²) < 4.78 is 18.1. The fraction of sp³-hybridized carbons (Fsp3) is 0.133. The molecule has 0 saturated carbocycles. The molecule has 7 heteroatoms. The van der Waals surface area contributed by atoms with Gasteiger partial charge in [0, 0.05) is 23.4 Å². The van der Waals surface area contributed by atoms with Crippen LogP contribution in [0, 0.1) is 22.9 Å². The Hall–Kier alpha value is -2.96. The van der Waals surface area contributed by atoms with Gasteiger partial charge in [0.25, 0.3) is 11.6 Å². The van der Waals surface area contributed by atoms with E-state index in [2.05, 4.69) is 5.32 Å². The number of amides is 1. The zero-order valence-corrected chi connectivity index (χ0v) is 11.7. The minimum absolute atomic E-state index is 0.0798. The van der Waals surface area contributed by atoms with Gasteiger partial charge in [-0.05, 0) is 25.1 Å². The molecule has 0 radical (unpaired) electrons. The van der Waals surface area contributed by atoms with Crippen LogP contribution >= 0.6 is 0 Å². The lowest BCUT2D eigenvalue weighted by atomic mass is 10.2. The van der Waals surface area contributed by atoms with Crippen LogP contribution in [0.15, 0.2) is 42.5 Å². The van der Waals surface area contributed by atoms with E-state index in [9.17, 15) is 19.3 Å². The summed E-state index contributed by atoms with van der Waals surface area (Å²) in [5.41, 5.74) is 0.716. The van der Waals surface area contributed by atoms with Crippen LogP contribution in [0.5, 0.6) is 5.75 Å². The molecule has 0 aliphatic heterocycles. The van der Waals surface area contributed by atoms with Gasteiger partial charge in [-0.1, -0.05) is 12.1 Å². The van der Waals surface area contributed by atoms with Crippen LogP contribution in [0.4, 0.5) is 15.8 Å². The molecule has 0 aliphatic rings. The second-order valence-electron chi connectivity index (χ2n) is 4.55. The van der Waals surface area contributed by atoms with Crippen LogP contribution in [-0.4, -0.2) is 17.4 Å². The summed E-state index contributed by atoms with van der Waals surface area (Å²) in [5.74, 6) is -0.737. The summed E-state index contributed by atoms with van der Waals surface area (Å²) in [4.78, 5) is 22.1. The van der Waals surface area contributed by atoms with Crippen molar-refractivity contribution in [2.75, 3.05) is 11.9 Å². The summed E-state index contributed by atoms with van der Waals surface area (Å²) in [6.45, 7) is 1.28. The monoisotopic (exact) mass is 304 g/mol. The first-order chi connectivity index (χ1) is 10.5. The van der Waals surface area contributed by atoms with Crippen molar-refractivity contribution < 1.29 is 18.8 Å². The molecule has 0 saturated heterocycles. The topological polar surface area (TPSA) is 81.5 Å². The normalized spacial score (nSPS) is 10.1. The molecular formula is C15H13FN2O4. The first-order valence-electron chi connectivity index (χ1n) is 6.39. The summed E-state index contributed by atoms with van der Waals surface area (Å²) in [5, 5.41) is 13.3. The van der Waals surface area contributed by atoms with Crippen LogP contribution in [0.3, 0.4) is 0 Å². The van der Waals surface area contributed by atoms with E-state index in [0.717, 1.165) is 6.07 Å². The van der Waals surface area contributed by atoms with Gasteiger partial charge in [-0.2, -0.15) is 0 Å². The van der Waals surface area contributed by atoms with E-state index in [0.29, 0.717) is 11.3 Å². The Morgan fingerprint density at radius 1 is 1.32 bits per heavy atom. The second-order valence-corrected chi connectivity index (χ2v) is 4.55. The van der Waals surface area contributed by atoms with Gasteiger partial charge in [-0.15, -0.1) is 0 Å². The van der Waals surface area contributed by atoms with Crippen molar-refractivity contribution in [2.45, 2.75) is 6.92 Å². The van der Waals surface area contributed by atoms with Gasteiger partial charge < -0.3 is 10.1 Å². The second kappa shape index (κ2) is 6.66. The predicted molar refractivity (Wildman–Crippen MR) is 78.4 cm³/mol. The Morgan fingerprint density at radius 2 is 2.09 bits per heavy atom. The number of rotatable bonds is 5. The average Bonchev–Trinajstić information content (AvgIpc) is 2.47. The van der Waals surface area contributed by atoms with Gasteiger partial charge in [0.05, 0.1) is 4.92 Å². The van der Waals surface area contributed by atoms with Crippen LogP contribution in [0.1, 0.15) is 5.56 Å². The van der Waals surface area contributed by atoms with Gasteiger partial charge in [0.1, 0.15) is 11.6 Å². The number of nitrogens with one attached hydrogen (secondary N) is 1. The smallest absolute Gasteiger partial charge is 0.274 e. The largest absolute Gasteiger partial charge is 0.484 e. The van der Waals surface area contributed by atoms with E-state index in [-0.39, 0.29) is 18.0 Å². The number of nitro benzene ring substituents is 1. The maximum absolute atomic E-state index is 13.0. The minimum Gasteiger partial charge on any atom is -0.484 e. The molecule has 22 heavy (non-hydrogen) atoms. The molecule has 0 heterocycles. The van der Waals surface area contributed by atoms with Crippen molar-refractivity contribution in [3.63, 3.8) is 0 Å². The fourth-order valence-corrected chi connectivity index (χ4v) is 1.79. The van der Waals surface area contributed by atoms with Crippen molar-refractivity contribution in [3.05, 3.63) is 64.0 Å². The number of benzene rings is 2. The molecule has 1 amide bonds. The molecule has 0 spiro atoms. The first kappa shape index (κ1) is 15.4. The van der Waals surface area contributed by atoms with E-state index < -0.39 is 16.6 Å². The number of anilines is 1. The van der Waals surface area contributed by atoms with Crippen molar-refractivity contribution in [2.24, 2.45) is 0 Å². The number of aryl methyl sites for hydroxylation is 1. The van der Waals surface area contributed by atoms with Crippen LogP contribution < -0.4 is 10.1 Å².